The van der Waals surface area contributed by atoms with Gasteiger partial charge in [0.05, 0.1) is 13.0 Å². The van der Waals surface area contributed by atoms with Gasteiger partial charge in [0, 0.05) is 24.3 Å². The molecule has 3 rings (SSSR count). The predicted octanol–water partition coefficient (Wildman–Crippen LogP) is 0.965. The zero-order valence-corrected chi connectivity index (χ0v) is 10.6. The van der Waals surface area contributed by atoms with E-state index in [0.29, 0.717) is 0 Å². The monoisotopic (exact) mass is 247 g/mol. The third-order valence-corrected chi connectivity index (χ3v) is 3.87. The van der Waals surface area contributed by atoms with Crippen molar-refractivity contribution < 1.29 is 9.53 Å². The van der Waals surface area contributed by atoms with E-state index in [2.05, 4.69) is 14.9 Å². The lowest BCUT2D eigenvalue weighted by Gasteiger charge is -2.19. The minimum atomic E-state index is -0.108. The summed E-state index contributed by atoms with van der Waals surface area (Å²) in [7, 11) is 1.45. The lowest BCUT2D eigenvalue weighted by molar-refractivity contribution is -0.144. The minimum absolute atomic E-state index is 0.0120. The molecule has 1 fully saturated rings. The second-order valence-electron chi connectivity index (χ2n) is 4.93. The number of aromatic nitrogens is 2. The summed E-state index contributed by atoms with van der Waals surface area (Å²) in [6, 6.07) is 0. The van der Waals surface area contributed by atoms with Crippen LogP contribution in [0.3, 0.4) is 0 Å². The molecule has 5 heteroatoms. The molecule has 0 aromatic carbocycles. The molecule has 0 radical (unpaired) electrons. The normalized spacial score (nSPS) is 22.1. The van der Waals surface area contributed by atoms with Crippen molar-refractivity contribution in [3.63, 3.8) is 0 Å². The maximum atomic E-state index is 11.5. The molecule has 0 amide bonds. The Balaban J connectivity index is 1.81. The second kappa shape index (κ2) is 4.55. The van der Waals surface area contributed by atoms with Gasteiger partial charge in [-0.2, -0.15) is 0 Å². The first-order chi connectivity index (χ1) is 8.79. The molecular weight excluding hydrogens is 230 g/mol. The minimum Gasteiger partial charge on any atom is -0.469 e. The van der Waals surface area contributed by atoms with Crippen LogP contribution in [0.5, 0.6) is 0 Å². The first-order valence-corrected chi connectivity index (χ1v) is 6.45. The van der Waals surface area contributed by atoms with E-state index in [-0.39, 0.29) is 11.9 Å². The van der Waals surface area contributed by atoms with Gasteiger partial charge in [-0.15, -0.1) is 0 Å². The number of hydrogen-bond donors (Lipinski definition) is 0. The van der Waals surface area contributed by atoms with Gasteiger partial charge in [-0.3, -0.25) is 4.79 Å². The third kappa shape index (κ3) is 1.83. The van der Waals surface area contributed by atoms with Crippen LogP contribution >= 0.6 is 0 Å². The molecule has 1 aromatic rings. The number of carbonyl (C=O) groups is 1. The smallest absolute Gasteiger partial charge is 0.310 e. The first-order valence-electron chi connectivity index (χ1n) is 6.45. The summed E-state index contributed by atoms with van der Waals surface area (Å²) in [5, 5.41) is 0. The van der Waals surface area contributed by atoms with Crippen LogP contribution in [0.25, 0.3) is 0 Å². The zero-order chi connectivity index (χ0) is 12.5. The Morgan fingerprint density at radius 3 is 3.17 bits per heavy atom. The van der Waals surface area contributed by atoms with Gasteiger partial charge in [0.25, 0.3) is 0 Å². The van der Waals surface area contributed by atoms with Crippen molar-refractivity contribution in [1.29, 1.82) is 0 Å². The van der Waals surface area contributed by atoms with Crippen LogP contribution in [0, 0.1) is 5.92 Å². The summed E-state index contributed by atoms with van der Waals surface area (Å²) >= 11 is 0. The average molecular weight is 247 g/mol. The van der Waals surface area contributed by atoms with Crippen LogP contribution in [0.2, 0.25) is 0 Å². The van der Waals surface area contributed by atoms with Crippen molar-refractivity contribution in [1.82, 2.24) is 9.97 Å². The van der Waals surface area contributed by atoms with Gasteiger partial charge in [-0.05, 0) is 25.7 Å². The molecule has 2 heterocycles. The first kappa shape index (κ1) is 11.4. The van der Waals surface area contributed by atoms with Gasteiger partial charge in [-0.1, -0.05) is 0 Å². The molecule has 96 valence electrons. The van der Waals surface area contributed by atoms with Crippen molar-refractivity contribution in [2.75, 3.05) is 25.1 Å². The van der Waals surface area contributed by atoms with Crippen LogP contribution in [0.1, 0.15) is 24.1 Å². The molecule has 0 spiro atoms. The highest BCUT2D eigenvalue weighted by atomic mass is 16.5. The zero-order valence-electron chi connectivity index (χ0n) is 10.6. The van der Waals surface area contributed by atoms with E-state index in [1.807, 2.05) is 0 Å². The van der Waals surface area contributed by atoms with Gasteiger partial charge in [0.15, 0.2) is 0 Å². The number of aryl methyl sites for hydroxylation is 1. The Bertz CT molecular complexity index is 475. The van der Waals surface area contributed by atoms with Crippen molar-refractivity contribution >= 4 is 11.8 Å². The number of nitrogens with zero attached hydrogens (tertiary/aromatic N) is 3. The van der Waals surface area contributed by atoms with E-state index in [1.54, 1.807) is 6.33 Å². The molecule has 2 aliphatic rings. The van der Waals surface area contributed by atoms with E-state index in [4.69, 9.17) is 4.74 Å². The standard InChI is InChI=1S/C13H17N3O2/c1-18-13(17)9-5-6-16(7-9)12-10-3-2-4-11(10)14-8-15-12/h8-9H,2-7H2,1H3. The van der Waals surface area contributed by atoms with Crippen LogP contribution in [-0.4, -0.2) is 36.1 Å². The summed E-state index contributed by atoms with van der Waals surface area (Å²) in [6.45, 7) is 1.60. The molecule has 1 aliphatic carbocycles. The lowest BCUT2D eigenvalue weighted by Crippen LogP contribution is -2.25. The molecule has 0 bridgehead atoms. The van der Waals surface area contributed by atoms with E-state index >= 15 is 0 Å². The number of ether oxygens (including phenoxy) is 1. The number of anilines is 1. The van der Waals surface area contributed by atoms with Crippen LogP contribution in [0.15, 0.2) is 6.33 Å². The highest BCUT2D eigenvalue weighted by Crippen LogP contribution is 2.31. The number of hydrogen-bond acceptors (Lipinski definition) is 5. The van der Waals surface area contributed by atoms with Crippen molar-refractivity contribution in [2.24, 2.45) is 5.92 Å². The molecule has 0 saturated carbocycles. The second-order valence-corrected chi connectivity index (χ2v) is 4.93. The van der Waals surface area contributed by atoms with Gasteiger partial charge in [-0.25, -0.2) is 9.97 Å². The fourth-order valence-corrected chi connectivity index (χ4v) is 2.93. The Morgan fingerprint density at radius 1 is 1.44 bits per heavy atom. The fraction of sp³-hybridized carbons (Fsp3) is 0.615. The average Bonchev–Trinajstić information content (AvgIpc) is 3.05. The number of methoxy groups -OCH3 is 1. The quantitative estimate of drug-likeness (QED) is 0.729. The maximum Gasteiger partial charge on any atom is 0.310 e. The summed E-state index contributed by atoms with van der Waals surface area (Å²) in [6.07, 6.45) is 5.77. The van der Waals surface area contributed by atoms with Gasteiger partial charge >= 0.3 is 5.97 Å². The molecule has 1 saturated heterocycles. The fourth-order valence-electron chi connectivity index (χ4n) is 2.93. The highest BCUT2D eigenvalue weighted by Gasteiger charge is 2.31. The highest BCUT2D eigenvalue weighted by molar-refractivity contribution is 5.74. The lowest BCUT2D eigenvalue weighted by atomic mass is 10.1. The molecule has 5 nitrogen and oxygen atoms in total. The van der Waals surface area contributed by atoms with Gasteiger partial charge in [0.1, 0.15) is 12.1 Å². The predicted molar refractivity (Wildman–Crippen MR) is 66.4 cm³/mol. The Kier molecular flexibility index (Phi) is 2.89. The number of esters is 1. The van der Waals surface area contributed by atoms with E-state index in [1.165, 1.54) is 18.4 Å². The molecule has 18 heavy (non-hydrogen) atoms. The maximum absolute atomic E-state index is 11.5. The SMILES string of the molecule is COC(=O)C1CCN(c2ncnc3c2CCC3)C1. The Hall–Kier alpha value is -1.65. The number of carbonyl (C=O) groups excluding carboxylic acids is 1. The largest absolute Gasteiger partial charge is 0.469 e. The topological polar surface area (TPSA) is 55.3 Å². The summed E-state index contributed by atoms with van der Waals surface area (Å²) < 4.78 is 4.81. The summed E-state index contributed by atoms with van der Waals surface area (Å²) in [4.78, 5) is 22.5. The van der Waals surface area contributed by atoms with E-state index < -0.39 is 0 Å². The van der Waals surface area contributed by atoms with Gasteiger partial charge < -0.3 is 9.64 Å². The Morgan fingerprint density at radius 2 is 2.33 bits per heavy atom. The molecule has 1 atom stereocenters. The van der Waals surface area contributed by atoms with Gasteiger partial charge in [0.2, 0.25) is 0 Å². The van der Waals surface area contributed by atoms with Crippen molar-refractivity contribution in [2.45, 2.75) is 25.7 Å². The molecule has 1 unspecified atom stereocenters. The molecular formula is C13H17N3O2. The van der Waals surface area contributed by atoms with E-state index in [0.717, 1.165) is 44.6 Å². The molecule has 1 aromatic heterocycles. The van der Waals surface area contributed by atoms with Crippen molar-refractivity contribution in [3.8, 4) is 0 Å². The van der Waals surface area contributed by atoms with Crippen LogP contribution < -0.4 is 4.90 Å². The van der Waals surface area contributed by atoms with E-state index in [9.17, 15) is 4.79 Å². The Labute approximate surface area is 106 Å². The molecule has 0 N–H and O–H groups in total. The van der Waals surface area contributed by atoms with Crippen molar-refractivity contribution in [3.05, 3.63) is 17.6 Å². The summed E-state index contributed by atoms with van der Waals surface area (Å²) in [5.74, 6) is 0.911. The number of rotatable bonds is 2. The summed E-state index contributed by atoms with van der Waals surface area (Å²) in [5.41, 5.74) is 2.46. The molecule has 1 aliphatic heterocycles. The number of fused-ring (bicyclic) bond motifs is 1. The van der Waals surface area contributed by atoms with Crippen LogP contribution in [0.4, 0.5) is 5.82 Å². The van der Waals surface area contributed by atoms with Crippen LogP contribution in [-0.2, 0) is 22.4 Å². The third-order valence-electron chi connectivity index (χ3n) is 3.87.